The highest BCUT2D eigenvalue weighted by Gasteiger charge is 2.26. The molecule has 0 fully saturated rings. The first-order chi connectivity index (χ1) is 11.1. The highest BCUT2D eigenvalue weighted by Crippen LogP contribution is 2.15. The van der Waals surface area contributed by atoms with Crippen molar-refractivity contribution in [3.05, 3.63) is 0 Å². The van der Waals surface area contributed by atoms with E-state index in [1.54, 1.807) is 6.92 Å². The maximum atomic E-state index is 11.9. The number of ether oxygens (including phenoxy) is 2. The molecule has 0 aromatic rings. The largest absolute Gasteiger partial charge is 0.469 e. The van der Waals surface area contributed by atoms with E-state index in [9.17, 15) is 9.59 Å². The maximum absolute atomic E-state index is 11.9. The molecule has 23 heavy (non-hydrogen) atoms. The molecule has 0 bridgehead atoms. The van der Waals surface area contributed by atoms with Crippen molar-refractivity contribution in [3.8, 4) is 0 Å². The quantitative estimate of drug-likeness (QED) is 0.331. The summed E-state index contributed by atoms with van der Waals surface area (Å²) in [5, 5.41) is 0. The first kappa shape index (κ1) is 21.9. The Labute approximate surface area is 142 Å². The number of methoxy groups -OCH3 is 1. The zero-order valence-electron chi connectivity index (χ0n) is 15.6. The lowest BCUT2D eigenvalue weighted by molar-refractivity contribution is -0.159. The van der Waals surface area contributed by atoms with E-state index in [2.05, 4.69) is 6.92 Å². The lowest BCUT2D eigenvalue weighted by Crippen LogP contribution is -2.30. The van der Waals surface area contributed by atoms with Crippen molar-refractivity contribution in [2.24, 2.45) is 5.92 Å². The number of unbranched alkanes of at least 4 members (excludes halogenated alkanes) is 8. The Balaban J connectivity index is 3.71. The molecule has 0 aliphatic rings. The Morgan fingerprint density at radius 2 is 1.39 bits per heavy atom. The summed E-state index contributed by atoms with van der Waals surface area (Å²) in [5.41, 5.74) is 0. The van der Waals surface area contributed by atoms with E-state index >= 15 is 0 Å². The van der Waals surface area contributed by atoms with Gasteiger partial charge in [-0.3, -0.25) is 9.59 Å². The summed E-state index contributed by atoms with van der Waals surface area (Å²) >= 11 is 0. The van der Waals surface area contributed by atoms with E-state index in [-0.39, 0.29) is 18.0 Å². The first-order valence-electron chi connectivity index (χ1n) is 9.34. The van der Waals surface area contributed by atoms with Crippen LogP contribution in [0.5, 0.6) is 0 Å². The van der Waals surface area contributed by atoms with Crippen molar-refractivity contribution in [2.75, 3.05) is 7.11 Å². The monoisotopic (exact) mass is 328 g/mol. The fourth-order valence-corrected chi connectivity index (χ4v) is 2.68. The summed E-state index contributed by atoms with van der Waals surface area (Å²) in [6.07, 6.45) is 11.7. The van der Waals surface area contributed by atoms with Crippen molar-refractivity contribution in [2.45, 2.75) is 97.5 Å². The van der Waals surface area contributed by atoms with Crippen LogP contribution in [0, 0.1) is 5.92 Å². The Morgan fingerprint density at radius 1 is 0.870 bits per heavy atom. The van der Waals surface area contributed by atoms with Crippen molar-refractivity contribution < 1.29 is 19.1 Å². The molecule has 0 aliphatic carbocycles. The molecule has 0 aromatic carbocycles. The zero-order valence-corrected chi connectivity index (χ0v) is 15.6. The van der Waals surface area contributed by atoms with E-state index in [1.165, 1.54) is 52.1 Å². The third-order valence-corrected chi connectivity index (χ3v) is 4.30. The third-order valence-electron chi connectivity index (χ3n) is 4.30. The van der Waals surface area contributed by atoms with E-state index < -0.39 is 5.92 Å². The standard InChI is InChI=1S/C19H36O4/c1-5-7-8-9-10-11-12-13-14-15-18(20)23-17(6-2)16(3)19(21)22-4/h16-17H,5-15H2,1-4H3/t16?,17-/m1/s1. The predicted molar refractivity (Wildman–Crippen MR) is 93.2 cm³/mol. The van der Waals surface area contributed by atoms with Gasteiger partial charge >= 0.3 is 11.9 Å². The molecule has 0 saturated heterocycles. The maximum Gasteiger partial charge on any atom is 0.312 e. The van der Waals surface area contributed by atoms with E-state index in [0.717, 1.165) is 12.8 Å². The molecule has 0 N–H and O–H groups in total. The fraction of sp³-hybridized carbons (Fsp3) is 0.895. The number of rotatable bonds is 14. The molecule has 0 radical (unpaired) electrons. The molecular formula is C19H36O4. The highest BCUT2D eigenvalue weighted by molar-refractivity contribution is 5.74. The smallest absolute Gasteiger partial charge is 0.312 e. The van der Waals surface area contributed by atoms with E-state index in [1.807, 2.05) is 6.92 Å². The summed E-state index contributed by atoms with van der Waals surface area (Å²) in [5.74, 6) is -0.930. The second-order valence-corrected chi connectivity index (χ2v) is 6.33. The van der Waals surface area contributed by atoms with Crippen LogP contribution in [0.15, 0.2) is 0 Å². The minimum atomic E-state index is -0.405. The minimum absolute atomic E-state index is 0.199. The second kappa shape index (κ2) is 14.5. The molecule has 4 nitrogen and oxygen atoms in total. The van der Waals surface area contributed by atoms with Crippen LogP contribution in [0.1, 0.15) is 91.4 Å². The molecule has 0 heterocycles. The first-order valence-corrected chi connectivity index (χ1v) is 9.34. The molecule has 0 rings (SSSR count). The van der Waals surface area contributed by atoms with Crippen LogP contribution < -0.4 is 0 Å². The minimum Gasteiger partial charge on any atom is -0.469 e. The molecule has 4 heteroatoms. The number of carbonyl (C=O) groups excluding carboxylic acids is 2. The Kier molecular flexibility index (Phi) is 13.9. The normalized spacial score (nSPS) is 13.4. The van der Waals surface area contributed by atoms with Crippen molar-refractivity contribution >= 4 is 11.9 Å². The summed E-state index contributed by atoms with van der Waals surface area (Å²) in [7, 11) is 1.36. The van der Waals surface area contributed by atoms with Gasteiger partial charge in [-0.05, 0) is 19.8 Å². The van der Waals surface area contributed by atoms with Crippen LogP contribution in [0.3, 0.4) is 0 Å². The summed E-state index contributed by atoms with van der Waals surface area (Å²) in [6, 6.07) is 0. The number of hydrogen-bond donors (Lipinski definition) is 0. The molecule has 0 aliphatic heterocycles. The van der Waals surface area contributed by atoms with Gasteiger partial charge in [-0.15, -0.1) is 0 Å². The summed E-state index contributed by atoms with van der Waals surface area (Å²) < 4.78 is 10.1. The molecule has 2 atom stereocenters. The van der Waals surface area contributed by atoms with Gasteiger partial charge in [0, 0.05) is 6.42 Å². The zero-order chi connectivity index (χ0) is 17.5. The summed E-state index contributed by atoms with van der Waals surface area (Å²) in [6.45, 7) is 5.88. The van der Waals surface area contributed by atoms with Gasteiger partial charge in [-0.25, -0.2) is 0 Å². The third kappa shape index (κ3) is 11.2. The Hall–Kier alpha value is -1.06. The Bertz CT molecular complexity index is 314. The van der Waals surface area contributed by atoms with Crippen LogP contribution in [0.2, 0.25) is 0 Å². The van der Waals surface area contributed by atoms with Gasteiger partial charge in [-0.1, -0.05) is 65.2 Å². The predicted octanol–water partition coefficient (Wildman–Crippen LogP) is 5.04. The average Bonchev–Trinajstić information content (AvgIpc) is 2.56. The molecule has 136 valence electrons. The van der Waals surface area contributed by atoms with Gasteiger partial charge < -0.3 is 9.47 Å². The molecule has 0 aromatic heterocycles. The van der Waals surface area contributed by atoms with Crippen LogP contribution in [0.25, 0.3) is 0 Å². The lowest BCUT2D eigenvalue weighted by atomic mass is 10.0. The van der Waals surface area contributed by atoms with Gasteiger partial charge in [0.15, 0.2) is 0 Å². The topological polar surface area (TPSA) is 52.6 Å². The lowest BCUT2D eigenvalue weighted by Gasteiger charge is -2.21. The molecule has 1 unspecified atom stereocenters. The SMILES string of the molecule is CCCCCCCCCCCC(=O)O[C@H](CC)C(C)C(=O)OC. The van der Waals surface area contributed by atoms with Gasteiger partial charge in [-0.2, -0.15) is 0 Å². The van der Waals surface area contributed by atoms with Gasteiger partial charge in [0.25, 0.3) is 0 Å². The van der Waals surface area contributed by atoms with E-state index in [0.29, 0.717) is 12.8 Å². The fourth-order valence-electron chi connectivity index (χ4n) is 2.68. The van der Waals surface area contributed by atoms with Crippen molar-refractivity contribution in [1.29, 1.82) is 0 Å². The van der Waals surface area contributed by atoms with Crippen molar-refractivity contribution in [3.63, 3.8) is 0 Å². The second-order valence-electron chi connectivity index (χ2n) is 6.33. The molecule has 0 saturated carbocycles. The van der Waals surface area contributed by atoms with E-state index in [4.69, 9.17) is 9.47 Å². The van der Waals surface area contributed by atoms with Gasteiger partial charge in [0.05, 0.1) is 13.0 Å². The number of carbonyl (C=O) groups is 2. The van der Waals surface area contributed by atoms with Crippen LogP contribution >= 0.6 is 0 Å². The number of hydrogen-bond acceptors (Lipinski definition) is 4. The number of esters is 2. The molecule has 0 amide bonds. The van der Waals surface area contributed by atoms with Crippen molar-refractivity contribution in [1.82, 2.24) is 0 Å². The van der Waals surface area contributed by atoms with Gasteiger partial charge in [0.2, 0.25) is 0 Å². The summed E-state index contributed by atoms with van der Waals surface area (Å²) in [4.78, 5) is 23.4. The van der Waals surface area contributed by atoms with Crippen LogP contribution in [-0.2, 0) is 19.1 Å². The molecule has 0 spiro atoms. The molecular weight excluding hydrogens is 292 g/mol. The Morgan fingerprint density at radius 3 is 1.87 bits per heavy atom. The van der Waals surface area contributed by atoms with Crippen LogP contribution in [0.4, 0.5) is 0 Å². The average molecular weight is 328 g/mol. The van der Waals surface area contributed by atoms with Crippen LogP contribution in [-0.4, -0.2) is 25.2 Å². The highest BCUT2D eigenvalue weighted by atomic mass is 16.6. The van der Waals surface area contributed by atoms with Gasteiger partial charge in [0.1, 0.15) is 6.10 Å².